The molecular formula is C16H25N3O. The predicted octanol–water partition coefficient (Wildman–Crippen LogP) is 2.05. The summed E-state index contributed by atoms with van der Waals surface area (Å²) in [7, 11) is 1.69. The number of nitrogens with zero attached hydrogens (tertiary/aromatic N) is 2. The van der Waals surface area contributed by atoms with E-state index in [1.807, 2.05) is 6.07 Å². The lowest BCUT2D eigenvalue weighted by Gasteiger charge is -2.32. The average molecular weight is 275 g/mol. The van der Waals surface area contributed by atoms with Crippen LogP contribution < -0.4 is 10.1 Å². The molecule has 1 aromatic rings. The van der Waals surface area contributed by atoms with Gasteiger partial charge in [-0.2, -0.15) is 0 Å². The Labute approximate surface area is 121 Å². The lowest BCUT2D eigenvalue weighted by atomic mass is 10.0. The average Bonchev–Trinajstić information content (AvgIpc) is 3.31. The highest BCUT2D eigenvalue weighted by atomic mass is 16.5. The molecular weight excluding hydrogens is 250 g/mol. The van der Waals surface area contributed by atoms with Crippen LogP contribution in [-0.2, 0) is 6.54 Å². The summed E-state index contributed by atoms with van der Waals surface area (Å²) in [5.74, 6) is 1.74. The summed E-state index contributed by atoms with van der Waals surface area (Å²) in [6.07, 6.45) is 7.18. The van der Waals surface area contributed by atoms with Crippen LogP contribution in [0.3, 0.4) is 0 Å². The molecule has 0 spiro atoms. The van der Waals surface area contributed by atoms with Crippen LogP contribution in [0, 0.1) is 5.92 Å². The molecule has 0 aromatic carbocycles. The van der Waals surface area contributed by atoms with Gasteiger partial charge in [-0.15, -0.1) is 0 Å². The molecule has 110 valence electrons. The van der Waals surface area contributed by atoms with E-state index in [-0.39, 0.29) is 0 Å². The van der Waals surface area contributed by atoms with E-state index in [0.29, 0.717) is 0 Å². The van der Waals surface area contributed by atoms with Crippen LogP contribution in [0.2, 0.25) is 0 Å². The van der Waals surface area contributed by atoms with Gasteiger partial charge in [-0.25, -0.2) is 4.98 Å². The molecule has 0 amide bonds. The zero-order valence-electron chi connectivity index (χ0n) is 12.3. The van der Waals surface area contributed by atoms with E-state index in [9.17, 15) is 0 Å². The third-order valence-electron chi connectivity index (χ3n) is 4.42. The van der Waals surface area contributed by atoms with Crippen molar-refractivity contribution in [2.75, 3.05) is 26.7 Å². The zero-order chi connectivity index (χ0) is 13.8. The van der Waals surface area contributed by atoms with Gasteiger partial charge in [0.25, 0.3) is 0 Å². The van der Waals surface area contributed by atoms with Crippen molar-refractivity contribution in [3.8, 4) is 5.88 Å². The fourth-order valence-electron chi connectivity index (χ4n) is 2.92. The topological polar surface area (TPSA) is 37.4 Å². The minimum atomic E-state index is 0.725. The van der Waals surface area contributed by atoms with Crippen LogP contribution in [0.1, 0.15) is 31.2 Å². The first-order valence-electron chi connectivity index (χ1n) is 7.79. The van der Waals surface area contributed by atoms with Crippen molar-refractivity contribution in [1.29, 1.82) is 0 Å². The van der Waals surface area contributed by atoms with Crippen molar-refractivity contribution in [3.05, 3.63) is 23.9 Å². The summed E-state index contributed by atoms with van der Waals surface area (Å²) < 4.78 is 5.33. The minimum absolute atomic E-state index is 0.725. The van der Waals surface area contributed by atoms with Gasteiger partial charge in [0.1, 0.15) is 0 Å². The number of aromatic nitrogens is 1. The van der Waals surface area contributed by atoms with E-state index < -0.39 is 0 Å². The van der Waals surface area contributed by atoms with Crippen molar-refractivity contribution in [1.82, 2.24) is 15.2 Å². The third kappa shape index (κ3) is 3.70. The molecule has 1 saturated carbocycles. The molecule has 0 bridgehead atoms. The summed E-state index contributed by atoms with van der Waals surface area (Å²) in [5.41, 5.74) is 1.19. The molecule has 1 N–H and O–H groups in total. The van der Waals surface area contributed by atoms with E-state index >= 15 is 0 Å². The Morgan fingerprint density at radius 2 is 2.10 bits per heavy atom. The van der Waals surface area contributed by atoms with Gasteiger partial charge in [0.2, 0.25) is 5.88 Å². The SMILES string of the molecule is COc1ncccc1CN1CCC(NCC2CC2)CC1. The number of ether oxygens (including phenoxy) is 1. The minimum Gasteiger partial charge on any atom is -0.481 e. The summed E-state index contributed by atoms with van der Waals surface area (Å²) in [6, 6.07) is 4.83. The van der Waals surface area contributed by atoms with Crippen LogP contribution in [0.15, 0.2) is 18.3 Å². The van der Waals surface area contributed by atoms with Gasteiger partial charge in [0.15, 0.2) is 0 Å². The van der Waals surface area contributed by atoms with Crippen molar-refractivity contribution in [2.24, 2.45) is 5.92 Å². The standard InChI is InChI=1S/C16H25N3O/c1-20-16-14(3-2-8-17-16)12-19-9-6-15(7-10-19)18-11-13-4-5-13/h2-3,8,13,15,18H,4-7,9-12H2,1H3. The van der Waals surface area contributed by atoms with Gasteiger partial charge in [-0.05, 0) is 57.3 Å². The van der Waals surface area contributed by atoms with Crippen LogP contribution in [0.25, 0.3) is 0 Å². The summed E-state index contributed by atoms with van der Waals surface area (Å²) in [4.78, 5) is 6.78. The molecule has 3 rings (SSSR count). The van der Waals surface area contributed by atoms with E-state index in [4.69, 9.17) is 4.74 Å². The molecule has 4 heteroatoms. The maximum atomic E-state index is 5.33. The Morgan fingerprint density at radius 3 is 2.80 bits per heavy atom. The second-order valence-corrected chi connectivity index (χ2v) is 6.07. The molecule has 0 radical (unpaired) electrons. The summed E-state index contributed by atoms with van der Waals surface area (Å²) in [5, 5.41) is 3.73. The fourth-order valence-corrected chi connectivity index (χ4v) is 2.92. The largest absolute Gasteiger partial charge is 0.481 e. The molecule has 4 nitrogen and oxygen atoms in total. The van der Waals surface area contributed by atoms with E-state index in [2.05, 4.69) is 21.3 Å². The first kappa shape index (κ1) is 13.8. The number of hydrogen-bond acceptors (Lipinski definition) is 4. The molecule has 2 heterocycles. The van der Waals surface area contributed by atoms with Crippen LogP contribution in [-0.4, -0.2) is 42.7 Å². The first-order chi connectivity index (χ1) is 9.85. The number of rotatable bonds is 6. The lowest BCUT2D eigenvalue weighted by molar-refractivity contribution is 0.188. The highest BCUT2D eigenvalue weighted by molar-refractivity contribution is 5.25. The van der Waals surface area contributed by atoms with Crippen LogP contribution in [0.5, 0.6) is 5.88 Å². The van der Waals surface area contributed by atoms with Gasteiger partial charge >= 0.3 is 0 Å². The van der Waals surface area contributed by atoms with Crippen molar-refractivity contribution < 1.29 is 4.74 Å². The third-order valence-corrected chi connectivity index (χ3v) is 4.42. The van der Waals surface area contributed by atoms with E-state index in [1.165, 1.54) is 50.9 Å². The Bertz CT molecular complexity index is 425. The first-order valence-corrected chi connectivity index (χ1v) is 7.79. The number of likely N-dealkylation sites (tertiary alicyclic amines) is 1. The van der Waals surface area contributed by atoms with Gasteiger partial charge in [-0.1, -0.05) is 6.07 Å². The van der Waals surface area contributed by atoms with E-state index in [1.54, 1.807) is 13.3 Å². The van der Waals surface area contributed by atoms with Crippen molar-refractivity contribution >= 4 is 0 Å². The molecule has 1 aliphatic heterocycles. The van der Waals surface area contributed by atoms with Crippen LogP contribution in [0.4, 0.5) is 0 Å². The molecule has 2 fully saturated rings. The number of hydrogen-bond donors (Lipinski definition) is 1. The van der Waals surface area contributed by atoms with Crippen molar-refractivity contribution in [3.63, 3.8) is 0 Å². The number of piperidine rings is 1. The number of methoxy groups -OCH3 is 1. The molecule has 20 heavy (non-hydrogen) atoms. The molecule has 1 aliphatic carbocycles. The Balaban J connectivity index is 1.45. The highest BCUT2D eigenvalue weighted by Crippen LogP contribution is 2.28. The molecule has 1 aromatic heterocycles. The summed E-state index contributed by atoms with van der Waals surface area (Å²) >= 11 is 0. The molecule has 0 unspecified atom stereocenters. The fraction of sp³-hybridized carbons (Fsp3) is 0.688. The Morgan fingerprint density at radius 1 is 1.30 bits per heavy atom. The lowest BCUT2D eigenvalue weighted by Crippen LogP contribution is -2.42. The predicted molar refractivity (Wildman–Crippen MR) is 79.8 cm³/mol. The smallest absolute Gasteiger partial charge is 0.217 e. The number of pyridine rings is 1. The molecule has 0 atom stereocenters. The maximum Gasteiger partial charge on any atom is 0.217 e. The van der Waals surface area contributed by atoms with Gasteiger partial charge in [-0.3, -0.25) is 4.90 Å². The normalized spacial score (nSPS) is 21.1. The number of nitrogens with one attached hydrogen (secondary N) is 1. The van der Waals surface area contributed by atoms with E-state index in [0.717, 1.165) is 24.4 Å². The second-order valence-electron chi connectivity index (χ2n) is 6.07. The zero-order valence-corrected chi connectivity index (χ0v) is 12.3. The Hall–Kier alpha value is -1.13. The van der Waals surface area contributed by atoms with Crippen LogP contribution >= 0.6 is 0 Å². The summed E-state index contributed by atoms with van der Waals surface area (Å²) in [6.45, 7) is 4.52. The van der Waals surface area contributed by atoms with Gasteiger partial charge in [0.05, 0.1) is 7.11 Å². The quantitative estimate of drug-likeness (QED) is 0.862. The van der Waals surface area contributed by atoms with Gasteiger partial charge in [0, 0.05) is 24.3 Å². The molecule has 2 aliphatic rings. The monoisotopic (exact) mass is 275 g/mol. The second kappa shape index (κ2) is 6.55. The maximum absolute atomic E-state index is 5.33. The van der Waals surface area contributed by atoms with Crippen molar-refractivity contribution in [2.45, 2.75) is 38.3 Å². The van der Waals surface area contributed by atoms with Gasteiger partial charge < -0.3 is 10.1 Å². The molecule has 1 saturated heterocycles. The Kier molecular flexibility index (Phi) is 4.53. The highest BCUT2D eigenvalue weighted by Gasteiger charge is 2.24.